The van der Waals surface area contributed by atoms with Crippen molar-refractivity contribution in [2.45, 2.75) is 57.1 Å². The topological polar surface area (TPSA) is 59.6 Å². The van der Waals surface area contributed by atoms with Crippen LogP contribution in [0.15, 0.2) is 24.3 Å². The molecule has 2 aliphatic heterocycles. The Morgan fingerprint density at radius 3 is 2.71 bits per heavy atom. The molecule has 132 valence electrons. The number of benzene rings is 1. The first-order chi connectivity index (χ1) is 11.6. The number of hydrogen-bond acceptors (Lipinski definition) is 3. The molecule has 2 fully saturated rings. The average Bonchev–Trinajstić information content (AvgIpc) is 3.11. The van der Waals surface area contributed by atoms with Crippen molar-refractivity contribution >= 4 is 11.7 Å². The SMILES string of the molecule is CC(C)c1cccc(NC(=O)NC2(C3CCCO3)CCOCC2)c1. The van der Waals surface area contributed by atoms with E-state index < -0.39 is 0 Å². The van der Waals surface area contributed by atoms with Gasteiger partial charge in [-0.3, -0.25) is 0 Å². The lowest BCUT2D eigenvalue weighted by atomic mass is 9.83. The molecule has 3 rings (SSSR count). The minimum Gasteiger partial charge on any atom is -0.381 e. The van der Waals surface area contributed by atoms with Gasteiger partial charge in [0.15, 0.2) is 0 Å². The molecule has 2 heterocycles. The smallest absolute Gasteiger partial charge is 0.319 e. The van der Waals surface area contributed by atoms with Crippen LogP contribution in [0.5, 0.6) is 0 Å². The Morgan fingerprint density at radius 2 is 2.04 bits per heavy atom. The van der Waals surface area contributed by atoms with Gasteiger partial charge in [0.25, 0.3) is 0 Å². The fraction of sp³-hybridized carbons (Fsp3) is 0.632. The molecule has 2 saturated heterocycles. The van der Waals surface area contributed by atoms with Gasteiger partial charge in [-0.05, 0) is 49.3 Å². The summed E-state index contributed by atoms with van der Waals surface area (Å²) in [6.45, 7) is 6.42. The van der Waals surface area contributed by atoms with E-state index in [1.807, 2.05) is 18.2 Å². The Labute approximate surface area is 144 Å². The molecule has 2 aliphatic rings. The fourth-order valence-electron chi connectivity index (χ4n) is 3.64. The van der Waals surface area contributed by atoms with Crippen LogP contribution in [0.1, 0.15) is 51.0 Å². The summed E-state index contributed by atoms with van der Waals surface area (Å²) >= 11 is 0. The molecule has 5 heteroatoms. The van der Waals surface area contributed by atoms with Crippen LogP contribution in [0.2, 0.25) is 0 Å². The van der Waals surface area contributed by atoms with Gasteiger partial charge in [0.05, 0.1) is 11.6 Å². The van der Waals surface area contributed by atoms with E-state index in [-0.39, 0.29) is 17.7 Å². The molecular formula is C19H28N2O3. The van der Waals surface area contributed by atoms with Crippen LogP contribution in [-0.2, 0) is 9.47 Å². The van der Waals surface area contributed by atoms with Crippen molar-refractivity contribution in [2.24, 2.45) is 0 Å². The Bertz CT molecular complexity index is 561. The Morgan fingerprint density at radius 1 is 1.25 bits per heavy atom. The minimum atomic E-state index is -0.311. The van der Waals surface area contributed by atoms with Crippen molar-refractivity contribution in [2.75, 3.05) is 25.1 Å². The zero-order chi connectivity index (χ0) is 17.0. The molecular weight excluding hydrogens is 304 g/mol. The summed E-state index contributed by atoms with van der Waals surface area (Å²) in [4.78, 5) is 12.6. The van der Waals surface area contributed by atoms with Gasteiger partial charge in [0.2, 0.25) is 0 Å². The molecule has 0 aliphatic carbocycles. The van der Waals surface area contributed by atoms with E-state index >= 15 is 0 Å². The van der Waals surface area contributed by atoms with E-state index in [2.05, 4.69) is 30.5 Å². The lowest BCUT2D eigenvalue weighted by Gasteiger charge is -2.41. The van der Waals surface area contributed by atoms with Gasteiger partial charge in [-0.25, -0.2) is 4.79 Å². The second-order valence-corrected chi connectivity index (χ2v) is 7.13. The highest BCUT2D eigenvalue weighted by atomic mass is 16.5. The molecule has 0 radical (unpaired) electrons. The van der Waals surface area contributed by atoms with Crippen LogP contribution < -0.4 is 10.6 Å². The third-order valence-electron chi connectivity index (χ3n) is 5.10. The largest absolute Gasteiger partial charge is 0.381 e. The molecule has 1 unspecified atom stereocenters. The first-order valence-electron chi connectivity index (χ1n) is 8.97. The molecule has 1 atom stereocenters. The monoisotopic (exact) mass is 332 g/mol. The summed E-state index contributed by atoms with van der Waals surface area (Å²) in [6, 6.07) is 7.87. The number of carbonyl (C=O) groups excluding carboxylic acids is 1. The normalized spacial score (nSPS) is 23.2. The Balaban J connectivity index is 1.68. The number of nitrogens with one attached hydrogen (secondary N) is 2. The van der Waals surface area contributed by atoms with Crippen molar-refractivity contribution < 1.29 is 14.3 Å². The molecule has 0 aromatic heterocycles. The second-order valence-electron chi connectivity index (χ2n) is 7.13. The van der Waals surface area contributed by atoms with E-state index in [4.69, 9.17) is 9.47 Å². The van der Waals surface area contributed by atoms with E-state index in [0.29, 0.717) is 19.1 Å². The summed E-state index contributed by atoms with van der Waals surface area (Å²) in [5.41, 5.74) is 1.73. The van der Waals surface area contributed by atoms with Gasteiger partial charge in [-0.2, -0.15) is 0 Å². The van der Waals surface area contributed by atoms with Crippen LogP contribution in [0, 0.1) is 0 Å². The van der Waals surface area contributed by atoms with Crippen LogP contribution in [-0.4, -0.2) is 37.5 Å². The summed E-state index contributed by atoms with van der Waals surface area (Å²) < 4.78 is 11.4. The van der Waals surface area contributed by atoms with Gasteiger partial charge >= 0.3 is 6.03 Å². The highest BCUT2D eigenvalue weighted by Crippen LogP contribution is 2.32. The van der Waals surface area contributed by atoms with Crippen LogP contribution in [0.25, 0.3) is 0 Å². The number of amides is 2. The highest BCUT2D eigenvalue weighted by Gasteiger charge is 2.43. The molecule has 0 saturated carbocycles. The number of ether oxygens (including phenoxy) is 2. The lowest BCUT2D eigenvalue weighted by molar-refractivity contribution is -0.0340. The second kappa shape index (κ2) is 7.53. The fourth-order valence-corrected chi connectivity index (χ4v) is 3.64. The molecule has 24 heavy (non-hydrogen) atoms. The van der Waals surface area contributed by atoms with Gasteiger partial charge in [-0.1, -0.05) is 26.0 Å². The quantitative estimate of drug-likeness (QED) is 0.884. The van der Waals surface area contributed by atoms with Gasteiger partial charge in [0.1, 0.15) is 0 Å². The summed E-state index contributed by atoms with van der Waals surface area (Å²) in [6.07, 6.45) is 3.76. The number of hydrogen-bond donors (Lipinski definition) is 2. The molecule has 0 spiro atoms. The number of anilines is 1. The van der Waals surface area contributed by atoms with Crippen molar-refractivity contribution in [3.8, 4) is 0 Å². The van der Waals surface area contributed by atoms with Gasteiger partial charge in [-0.15, -0.1) is 0 Å². The van der Waals surface area contributed by atoms with Crippen molar-refractivity contribution in [3.05, 3.63) is 29.8 Å². The maximum Gasteiger partial charge on any atom is 0.319 e. The Hall–Kier alpha value is -1.59. The summed E-state index contributed by atoms with van der Waals surface area (Å²) in [5, 5.41) is 6.20. The summed E-state index contributed by atoms with van der Waals surface area (Å²) in [5.74, 6) is 0.434. The van der Waals surface area contributed by atoms with E-state index in [1.165, 1.54) is 5.56 Å². The lowest BCUT2D eigenvalue weighted by Crippen LogP contribution is -2.60. The standard InChI is InChI=1S/C19H28N2O3/c1-14(2)15-5-3-6-16(13-15)20-18(22)21-19(8-11-23-12-9-19)17-7-4-10-24-17/h3,5-6,13-14,17H,4,7-12H2,1-2H3,(H2,20,21,22). The van der Waals surface area contributed by atoms with Crippen LogP contribution in [0.3, 0.4) is 0 Å². The minimum absolute atomic E-state index is 0.0918. The molecule has 1 aromatic carbocycles. The molecule has 5 nitrogen and oxygen atoms in total. The highest BCUT2D eigenvalue weighted by molar-refractivity contribution is 5.90. The van der Waals surface area contributed by atoms with Gasteiger partial charge < -0.3 is 20.1 Å². The average molecular weight is 332 g/mol. The number of rotatable bonds is 4. The van der Waals surface area contributed by atoms with Crippen LogP contribution >= 0.6 is 0 Å². The predicted octanol–water partition coefficient (Wildman–Crippen LogP) is 3.66. The summed E-state index contributed by atoms with van der Waals surface area (Å²) in [7, 11) is 0. The van der Waals surface area contributed by atoms with Crippen molar-refractivity contribution in [3.63, 3.8) is 0 Å². The first-order valence-corrected chi connectivity index (χ1v) is 8.97. The van der Waals surface area contributed by atoms with Gasteiger partial charge in [0, 0.05) is 25.5 Å². The number of carbonyl (C=O) groups is 1. The Kier molecular flexibility index (Phi) is 5.41. The van der Waals surface area contributed by atoms with Crippen molar-refractivity contribution in [1.29, 1.82) is 0 Å². The molecule has 2 N–H and O–H groups in total. The predicted molar refractivity (Wildman–Crippen MR) is 94.4 cm³/mol. The number of urea groups is 1. The molecule has 0 bridgehead atoms. The van der Waals surface area contributed by atoms with E-state index in [1.54, 1.807) is 0 Å². The first kappa shape index (κ1) is 17.2. The third-order valence-corrected chi connectivity index (χ3v) is 5.10. The maximum atomic E-state index is 12.6. The maximum absolute atomic E-state index is 12.6. The van der Waals surface area contributed by atoms with Crippen molar-refractivity contribution in [1.82, 2.24) is 5.32 Å². The van der Waals surface area contributed by atoms with E-state index in [0.717, 1.165) is 38.0 Å². The zero-order valence-electron chi connectivity index (χ0n) is 14.6. The van der Waals surface area contributed by atoms with Crippen LogP contribution in [0.4, 0.5) is 10.5 Å². The van der Waals surface area contributed by atoms with E-state index in [9.17, 15) is 4.79 Å². The zero-order valence-corrected chi connectivity index (χ0v) is 14.6. The molecule has 1 aromatic rings. The third kappa shape index (κ3) is 3.90. The molecule has 2 amide bonds.